The maximum atomic E-state index is 13.3. The average Bonchev–Trinajstić information content (AvgIpc) is 2.23. The lowest BCUT2D eigenvalue weighted by atomic mass is 10.1. The third kappa shape index (κ3) is 4.20. The van der Waals surface area contributed by atoms with Gasteiger partial charge in [0, 0.05) is 5.02 Å². The number of hydrogen-bond acceptors (Lipinski definition) is 2. The van der Waals surface area contributed by atoms with E-state index in [-0.39, 0.29) is 12.3 Å². The fraction of sp³-hybridized carbons (Fsp3) is 0.364. The molecule has 2 amide bonds. The van der Waals surface area contributed by atoms with Crippen molar-refractivity contribution in [1.82, 2.24) is 5.32 Å². The number of benzene rings is 1. The van der Waals surface area contributed by atoms with Gasteiger partial charge >= 0.3 is 6.03 Å². The lowest BCUT2D eigenvalue weighted by Crippen LogP contribution is -2.48. The molecule has 0 saturated heterocycles. The molecule has 0 heterocycles. The zero-order chi connectivity index (χ0) is 13.1. The molecule has 0 radical (unpaired) electrons. The number of rotatable bonds is 3. The number of aliphatic hydroxyl groups excluding tert-OH is 1. The molecule has 0 aromatic heterocycles. The highest BCUT2D eigenvalue weighted by molar-refractivity contribution is 6.30. The minimum atomic E-state index is -0.779. The maximum Gasteiger partial charge on any atom is 0.319 e. The van der Waals surface area contributed by atoms with E-state index in [2.05, 4.69) is 10.6 Å². The van der Waals surface area contributed by atoms with E-state index in [9.17, 15) is 9.18 Å². The number of carbonyl (C=O) groups is 1. The number of carbonyl (C=O) groups excluding carboxylic acids is 1. The molecule has 6 heteroatoms. The average molecular weight is 261 g/mol. The minimum Gasteiger partial charge on any atom is -0.394 e. The first-order valence-corrected chi connectivity index (χ1v) is 5.37. The molecule has 4 nitrogen and oxygen atoms in total. The van der Waals surface area contributed by atoms with Crippen molar-refractivity contribution in [3.63, 3.8) is 0 Å². The van der Waals surface area contributed by atoms with Crippen molar-refractivity contribution < 1.29 is 14.3 Å². The van der Waals surface area contributed by atoms with Crippen LogP contribution < -0.4 is 10.6 Å². The molecule has 0 spiro atoms. The number of nitrogens with one attached hydrogen (secondary N) is 2. The van der Waals surface area contributed by atoms with E-state index < -0.39 is 17.4 Å². The van der Waals surface area contributed by atoms with E-state index in [1.54, 1.807) is 13.8 Å². The second-order valence-electron chi connectivity index (χ2n) is 4.25. The lowest BCUT2D eigenvalue weighted by molar-refractivity contribution is 0.187. The summed E-state index contributed by atoms with van der Waals surface area (Å²) in [4.78, 5) is 11.5. The fourth-order valence-corrected chi connectivity index (χ4v) is 1.27. The van der Waals surface area contributed by atoms with Crippen molar-refractivity contribution in [2.24, 2.45) is 0 Å². The predicted octanol–water partition coefficient (Wildman–Crippen LogP) is 2.37. The summed E-state index contributed by atoms with van der Waals surface area (Å²) in [6.45, 7) is 3.06. The van der Waals surface area contributed by atoms with Crippen LogP contribution in [0.15, 0.2) is 18.2 Å². The molecular weight excluding hydrogens is 247 g/mol. The molecule has 0 aliphatic heterocycles. The fourth-order valence-electron chi connectivity index (χ4n) is 1.09. The van der Waals surface area contributed by atoms with Gasteiger partial charge in [0.2, 0.25) is 0 Å². The highest BCUT2D eigenvalue weighted by Gasteiger charge is 2.19. The molecule has 1 aromatic rings. The van der Waals surface area contributed by atoms with Crippen LogP contribution in [0.25, 0.3) is 0 Å². The Morgan fingerprint density at radius 2 is 2.18 bits per heavy atom. The summed E-state index contributed by atoms with van der Waals surface area (Å²) in [6.07, 6.45) is 0. The molecule has 3 N–H and O–H groups in total. The van der Waals surface area contributed by atoms with Gasteiger partial charge in [-0.05, 0) is 32.0 Å². The quantitative estimate of drug-likeness (QED) is 0.781. The summed E-state index contributed by atoms with van der Waals surface area (Å²) in [5.74, 6) is -0.577. The van der Waals surface area contributed by atoms with E-state index in [4.69, 9.17) is 16.7 Å². The van der Waals surface area contributed by atoms with E-state index >= 15 is 0 Å². The van der Waals surface area contributed by atoms with Gasteiger partial charge in [0.1, 0.15) is 5.82 Å². The highest BCUT2D eigenvalue weighted by Crippen LogP contribution is 2.19. The van der Waals surface area contributed by atoms with E-state index in [1.165, 1.54) is 12.1 Å². The molecule has 0 bridgehead atoms. The van der Waals surface area contributed by atoms with Gasteiger partial charge in [0.15, 0.2) is 0 Å². The summed E-state index contributed by atoms with van der Waals surface area (Å²) in [5.41, 5.74) is -0.789. The van der Waals surface area contributed by atoms with Crippen LogP contribution in [-0.2, 0) is 0 Å². The minimum absolute atomic E-state index is 0.0104. The zero-order valence-corrected chi connectivity index (χ0v) is 10.3. The number of halogens is 2. The van der Waals surface area contributed by atoms with Gasteiger partial charge in [-0.3, -0.25) is 0 Å². The number of urea groups is 1. The Bertz CT molecular complexity index is 424. The van der Waals surface area contributed by atoms with Gasteiger partial charge in [-0.15, -0.1) is 0 Å². The molecule has 94 valence electrons. The first kappa shape index (κ1) is 13.7. The SMILES string of the molecule is CC(C)(CO)NC(=O)Nc1cc(Cl)ccc1F. The Kier molecular flexibility index (Phi) is 4.31. The van der Waals surface area contributed by atoms with Gasteiger partial charge in [-0.25, -0.2) is 9.18 Å². The Labute approximate surface area is 104 Å². The molecule has 1 aromatic carbocycles. The Hall–Kier alpha value is -1.33. The summed E-state index contributed by atoms with van der Waals surface area (Å²) in [6, 6.07) is 3.25. The summed E-state index contributed by atoms with van der Waals surface area (Å²) >= 11 is 5.68. The van der Waals surface area contributed by atoms with Crippen molar-refractivity contribution in [2.75, 3.05) is 11.9 Å². The molecule has 0 fully saturated rings. The monoisotopic (exact) mass is 260 g/mol. The molecule has 0 aliphatic carbocycles. The van der Waals surface area contributed by atoms with E-state index in [0.717, 1.165) is 6.07 Å². The number of aliphatic hydroxyl groups is 1. The van der Waals surface area contributed by atoms with Crippen LogP contribution in [0.3, 0.4) is 0 Å². The summed E-state index contributed by atoms with van der Waals surface area (Å²) in [7, 11) is 0. The van der Waals surface area contributed by atoms with Crippen molar-refractivity contribution in [2.45, 2.75) is 19.4 Å². The predicted molar refractivity (Wildman–Crippen MR) is 64.7 cm³/mol. The molecule has 1 rings (SSSR count). The molecule has 17 heavy (non-hydrogen) atoms. The van der Waals surface area contributed by atoms with Gasteiger partial charge in [0.25, 0.3) is 0 Å². The maximum absolute atomic E-state index is 13.3. The standard InChI is InChI=1S/C11H14ClFN2O2/c1-11(2,6-16)15-10(17)14-9-5-7(12)3-4-8(9)13/h3-5,16H,6H2,1-2H3,(H2,14,15,17). The summed E-state index contributed by atoms with van der Waals surface area (Å²) in [5, 5.41) is 14.1. The van der Waals surface area contributed by atoms with Crippen molar-refractivity contribution in [3.8, 4) is 0 Å². The Balaban J connectivity index is 2.71. The number of anilines is 1. The first-order valence-electron chi connectivity index (χ1n) is 4.99. The summed E-state index contributed by atoms with van der Waals surface area (Å²) < 4.78 is 13.3. The molecular formula is C11H14ClFN2O2. The van der Waals surface area contributed by atoms with Crippen LogP contribution >= 0.6 is 11.6 Å². The topological polar surface area (TPSA) is 61.4 Å². The largest absolute Gasteiger partial charge is 0.394 e. The van der Waals surface area contributed by atoms with Crippen molar-refractivity contribution >= 4 is 23.3 Å². The molecule has 0 atom stereocenters. The zero-order valence-electron chi connectivity index (χ0n) is 9.55. The third-order valence-corrected chi connectivity index (χ3v) is 2.26. The van der Waals surface area contributed by atoms with Crippen molar-refractivity contribution in [1.29, 1.82) is 0 Å². The Morgan fingerprint density at radius 1 is 1.53 bits per heavy atom. The number of amides is 2. The van der Waals surface area contributed by atoms with E-state index in [1.807, 2.05) is 0 Å². The van der Waals surface area contributed by atoms with Gasteiger partial charge in [-0.1, -0.05) is 11.6 Å². The van der Waals surface area contributed by atoms with Crippen LogP contribution in [-0.4, -0.2) is 23.3 Å². The lowest BCUT2D eigenvalue weighted by Gasteiger charge is -2.23. The normalized spacial score (nSPS) is 11.1. The third-order valence-electron chi connectivity index (χ3n) is 2.02. The van der Waals surface area contributed by atoms with Gasteiger partial charge in [0.05, 0.1) is 17.8 Å². The molecule has 0 saturated carbocycles. The van der Waals surface area contributed by atoms with Gasteiger partial charge in [-0.2, -0.15) is 0 Å². The van der Waals surface area contributed by atoms with Gasteiger partial charge < -0.3 is 15.7 Å². The molecule has 0 aliphatic rings. The second-order valence-corrected chi connectivity index (χ2v) is 4.68. The van der Waals surface area contributed by atoms with Crippen LogP contribution in [0.1, 0.15) is 13.8 Å². The second kappa shape index (κ2) is 5.33. The molecule has 0 unspecified atom stereocenters. The smallest absolute Gasteiger partial charge is 0.319 e. The highest BCUT2D eigenvalue weighted by atomic mass is 35.5. The van der Waals surface area contributed by atoms with Crippen LogP contribution in [0.2, 0.25) is 5.02 Å². The van der Waals surface area contributed by atoms with Crippen LogP contribution in [0.4, 0.5) is 14.9 Å². The van der Waals surface area contributed by atoms with Crippen LogP contribution in [0, 0.1) is 5.82 Å². The van der Waals surface area contributed by atoms with Crippen molar-refractivity contribution in [3.05, 3.63) is 29.0 Å². The Morgan fingerprint density at radius 3 is 2.76 bits per heavy atom. The van der Waals surface area contributed by atoms with E-state index in [0.29, 0.717) is 5.02 Å². The number of hydrogen-bond donors (Lipinski definition) is 3. The van der Waals surface area contributed by atoms with Crippen LogP contribution in [0.5, 0.6) is 0 Å². The first-order chi connectivity index (χ1) is 7.84.